The number of anilines is 1. The highest BCUT2D eigenvalue weighted by Crippen LogP contribution is 2.34. The summed E-state index contributed by atoms with van der Waals surface area (Å²) in [6.45, 7) is 1.90. The van der Waals surface area contributed by atoms with Gasteiger partial charge in [0.05, 0.1) is 28.9 Å². The SMILES string of the molecule is Cc1ccccc1-n1ncc2c(=O)[nH]c(SCC(=O)Nc3ccccc3C(F)(F)F)nc21. The molecule has 0 saturated carbocycles. The van der Waals surface area contributed by atoms with Crippen LogP contribution in [0.4, 0.5) is 18.9 Å². The summed E-state index contributed by atoms with van der Waals surface area (Å²) in [5, 5.41) is 6.94. The van der Waals surface area contributed by atoms with Gasteiger partial charge in [-0.15, -0.1) is 0 Å². The van der Waals surface area contributed by atoms with Crippen LogP contribution in [0.2, 0.25) is 0 Å². The predicted octanol–water partition coefficient (Wildman–Crippen LogP) is 4.17. The van der Waals surface area contributed by atoms with Gasteiger partial charge in [-0.05, 0) is 30.7 Å². The lowest BCUT2D eigenvalue weighted by atomic mass is 10.1. The molecule has 0 aliphatic carbocycles. The molecule has 4 rings (SSSR count). The Morgan fingerprint density at radius 2 is 1.88 bits per heavy atom. The van der Waals surface area contributed by atoms with Crippen molar-refractivity contribution in [2.45, 2.75) is 18.3 Å². The van der Waals surface area contributed by atoms with E-state index in [1.54, 1.807) is 0 Å². The lowest BCUT2D eigenvalue weighted by Gasteiger charge is -2.13. The van der Waals surface area contributed by atoms with Gasteiger partial charge in [-0.25, -0.2) is 9.67 Å². The Balaban J connectivity index is 1.56. The first-order chi connectivity index (χ1) is 15.2. The number of amides is 1. The second-order valence-electron chi connectivity index (χ2n) is 6.83. The average molecular weight is 459 g/mol. The third kappa shape index (κ3) is 4.37. The van der Waals surface area contributed by atoms with Crippen LogP contribution in [0, 0.1) is 6.92 Å². The summed E-state index contributed by atoms with van der Waals surface area (Å²) in [6.07, 6.45) is -3.19. The summed E-state index contributed by atoms with van der Waals surface area (Å²) in [4.78, 5) is 31.7. The van der Waals surface area contributed by atoms with E-state index in [4.69, 9.17) is 0 Å². The Bertz CT molecular complexity index is 1360. The second-order valence-corrected chi connectivity index (χ2v) is 7.80. The van der Waals surface area contributed by atoms with Crippen LogP contribution in [-0.4, -0.2) is 31.4 Å². The average Bonchev–Trinajstić information content (AvgIpc) is 3.17. The number of H-pyrrole nitrogens is 1. The van der Waals surface area contributed by atoms with E-state index >= 15 is 0 Å². The van der Waals surface area contributed by atoms with Crippen molar-refractivity contribution >= 4 is 34.4 Å². The van der Waals surface area contributed by atoms with Crippen LogP contribution in [0.15, 0.2) is 64.7 Å². The normalized spacial score (nSPS) is 11.6. The Morgan fingerprint density at radius 3 is 2.62 bits per heavy atom. The van der Waals surface area contributed by atoms with Crippen molar-refractivity contribution in [3.63, 3.8) is 0 Å². The van der Waals surface area contributed by atoms with E-state index in [1.807, 2.05) is 31.2 Å². The van der Waals surface area contributed by atoms with Crippen LogP contribution in [0.3, 0.4) is 0 Å². The number of nitrogens with zero attached hydrogens (tertiary/aromatic N) is 3. The molecule has 32 heavy (non-hydrogen) atoms. The topological polar surface area (TPSA) is 92.7 Å². The maximum atomic E-state index is 13.1. The van der Waals surface area contributed by atoms with Crippen molar-refractivity contribution in [2.24, 2.45) is 0 Å². The summed E-state index contributed by atoms with van der Waals surface area (Å²) in [7, 11) is 0. The Morgan fingerprint density at radius 1 is 1.16 bits per heavy atom. The summed E-state index contributed by atoms with van der Waals surface area (Å²) in [5.41, 5.74) is 0.289. The number of carbonyl (C=O) groups is 1. The van der Waals surface area contributed by atoms with Crippen LogP contribution < -0.4 is 10.9 Å². The number of alkyl halides is 3. The molecular weight excluding hydrogens is 443 g/mol. The fourth-order valence-corrected chi connectivity index (χ4v) is 3.76. The number of fused-ring (bicyclic) bond motifs is 1. The fourth-order valence-electron chi connectivity index (χ4n) is 3.10. The molecule has 2 N–H and O–H groups in total. The van der Waals surface area contributed by atoms with Gasteiger partial charge in [-0.1, -0.05) is 42.1 Å². The Hall–Kier alpha value is -3.60. The summed E-state index contributed by atoms with van der Waals surface area (Å²) < 4.78 is 40.8. The number of thioether (sulfide) groups is 1. The first-order valence-corrected chi connectivity index (χ1v) is 10.4. The summed E-state index contributed by atoms with van der Waals surface area (Å²) >= 11 is 0.901. The molecule has 0 aliphatic heterocycles. The molecule has 2 heterocycles. The summed E-state index contributed by atoms with van der Waals surface area (Å²) in [5.74, 6) is -0.916. The van der Waals surface area contributed by atoms with Gasteiger partial charge >= 0.3 is 6.18 Å². The minimum Gasteiger partial charge on any atom is -0.325 e. The second kappa shape index (κ2) is 8.50. The molecule has 0 unspecified atom stereocenters. The molecule has 4 aromatic rings. The number of aromatic amines is 1. The lowest BCUT2D eigenvalue weighted by molar-refractivity contribution is -0.137. The van der Waals surface area contributed by atoms with Crippen LogP contribution in [0.25, 0.3) is 16.7 Å². The van der Waals surface area contributed by atoms with E-state index < -0.39 is 23.2 Å². The Labute approximate surface area is 183 Å². The van der Waals surface area contributed by atoms with Crippen LogP contribution in [-0.2, 0) is 11.0 Å². The van der Waals surface area contributed by atoms with Gasteiger partial charge in [0.15, 0.2) is 10.8 Å². The molecule has 0 radical (unpaired) electrons. The molecule has 1 amide bonds. The van der Waals surface area contributed by atoms with Gasteiger partial charge in [0, 0.05) is 0 Å². The molecule has 0 saturated heterocycles. The smallest absolute Gasteiger partial charge is 0.325 e. The third-order valence-electron chi connectivity index (χ3n) is 4.61. The van der Waals surface area contributed by atoms with E-state index in [2.05, 4.69) is 20.4 Å². The largest absolute Gasteiger partial charge is 0.418 e. The minimum absolute atomic E-state index is 0.150. The third-order valence-corrected chi connectivity index (χ3v) is 5.48. The number of nitrogens with one attached hydrogen (secondary N) is 2. The quantitative estimate of drug-likeness (QED) is 0.345. The van der Waals surface area contributed by atoms with Gasteiger partial charge in [0.1, 0.15) is 5.39 Å². The molecule has 0 bridgehead atoms. The zero-order valence-electron chi connectivity index (χ0n) is 16.6. The molecule has 0 atom stereocenters. The highest BCUT2D eigenvalue weighted by molar-refractivity contribution is 7.99. The molecule has 2 aromatic carbocycles. The molecule has 2 aromatic heterocycles. The molecule has 0 spiro atoms. The standard InChI is InChI=1S/C21H16F3N5O2S/c1-12-6-2-5-9-16(12)29-18-13(10-25-29)19(31)28-20(27-18)32-11-17(30)26-15-8-4-3-7-14(15)21(22,23)24/h2-10H,11H2,1H3,(H,26,30)(H,27,28,31). The van der Waals surface area contributed by atoms with Crippen molar-refractivity contribution in [1.29, 1.82) is 0 Å². The van der Waals surface area contributed by atoms with Crippen molar-refractivity contribution in [3.05, 3.63) is 76.2 Å². The highest BCUT2D eigenvalue weighted by Gasteiger charge is 2.33. The molecule has 11 heteroatoms. The molecule has 164 valence electrons. The van der Waals surface area contributed by atoms with Crippen LogP contribution >= 0.6 is 11.8 Å². The molecular formula is C21H16F3N5O2S. The first kappa shape index (κ1) is 21.6. The zero-order valence-corrected chi connectivity index (χ0v) is 17.4. The maximum Gasteiger partial charge on any atom is 0.418 e. The van der Waals surface area contributed by atoms with E-state index in [0.717, 1.165) is 29.1 Å². The van der Waals surface area contributed by atoms with Crippen LogP contribution in [0.5, 0.6) is 0 Å². The molecule has 0 fully saturated rings. The number of hydrogen-bond acceptors (Lipinski definition) is 5. The first-order valence-electron chi connectivity index (χ1n) is 9.37. The maximum absolute atomic E-state index is 13.1. The van der Waals surface area contributed by atoms with Gasteiger partial charge in [-0.3, -0.25) is 9.59 Å². The van der Waals surface area contributed by atoms with Crippen molar-refractivity contribution in [2.75, 3.05) is 11.1 Å². The van der Waals surface area contributed by atoms with Crippen molar-refractivity contribution in [3.8, 4) is 5.69 Å². The zero-order chi connectivity index (χ0) is 22.9. The van der Waals surface area contributed by atoms with E-state index in [0.29, 0.717) is 5.65 Å². The predicted molar refractivity (Wildman–Crippen MR) is 115 cm³/mol. The van der Waals surface area contributed by atoms with Gasteiger partial charge < -0.3 is 10.3 Å². The van der Waals surface area contributed by atoms with Gasteiger partial charge in [0.2, 0.25) is 5.91 Å². The number of aryl methyl sites for hydroxylation is 1. The van der Waals surface area contributed by atoms with Crippen molar-refractivity contribution in [1.82, 2.24) is 19.7 Å². The number of rotatable bonds is 5. The van der Waals surface area contributed by atoms with E-state index in [9.17, 15) is 22.8 Å². The van der Waals surface area contributed by atoms with E-state index in [-0.39, 0.29) is 22.0 Å². The van der Waals surface area contributed by atoms with Gasteiger partial charge in [0.25, 0.3) is 5.56 Å². The number of aromatic nitrogens is 4. The van der Waals surface area contributed by atoms with E-state index in [1.165, 1.54) is 29.1 Å². The number of benzene rings is 2. The molecule has 0 aliphatic rings. The molecule has 7 nitrogen and oxygen atoms in total. The lowest BCUT2D eigenvalue weighted by Crippen LogP contribution is -2.18. The van der Waals surface area contributed by atoms with Gasteiger partial charge in [-0.2, -0.15) is 18.3 Å². The number of halogens is 3. The van der Waals surface area contributed by atoms with Crippen molar-refractivity contribution < 1.29 is 18.0 Å². The van der Waals surface area contributed by atoms with Crippen LogP contribution in [0.1, 0.15) is 11.1 Å². The number of carbonyl (C=O) groups excluding carboxylic acids is 1. The fraction of sp³-hybridized carbons (Fsp3) is 0.143. The highest BCUT2D eigenvalue weighted by atomic mass is 32.2. The number of hydrogen-bond donors (Lipinski definition) is 2. The minimum atomic E-state index is -4.59. The summed E-state index contributed by atoms with van der Waals surface area (Å²) in [6, 6.07) is 12.2. The number of para-hydroxylation sites is 2. The Kier molecular flexibility index (Phi) is 5.74. The monoisotopic (exact) mass is 459 g/mol.